The Morgan fingerprint density at radius 3 is 2.74 bits per heavy atom. The molecule has 0 radical (unpaired) electrons. The molecule has 1 heterocycles. The van der Waals surface area contributed by atoms with Crippen molar-refractivity contribution >= 4 is 17.0 Å². The summed E-state index contributed by atoms with van der Waals surface area (Å²) < 4.78 is 7.09. The summed E-state index contributed by atoms with van der Waals surface area (Å²) in [6.07, 6.45) is 0. The van der Waals surface area contributed by atoms with Gasteiger partial charge in [-0.1, -0.05) is 12.1 Å². The molecular weight excluding hydrogens is 292 g/mol. The number of rotatable bonds is 4. The summed E-state index contributed by atoms with van der Waals surface area (Å²) >= 11 is 0. The highest BCUT2D eigenvalue weighted by Gasteiger charge is 2.14. The number of carbonyl (C=O) groups excluding carboxylic acids is 1. The van der Waals surface area contributed by atoms with Gasteiger partial charge in [0.05, 0.1) is 23.2 Å². The van der Waals surface area contributed by atoms with E-state index in [1.54, 1.807) is 37.3 Å². The zero-order valence-corrected chi connectivity index (χ0v) is 13.1. The van der Waals surface area contributed by atoms with Crippen molar-refractivity contribution in [3.8, 4) is 17.1 Å². The van der Waals surface area contributed by atoms with Crippen LogP contribution >= 0.6 is 0 Å². The smallest absolute Gasteiger partial charge is 0.338 e. The van der Waals surface area contributed by atoms with Gasteiger partial charge in [0.25, 0.3) is 0 Å². The van der Waals surface area contributed by atoms with Gasteiger partial charge >= 0.3 is 5.97 Å². The number of carbonyl (C=O) groups is 1. The first-order chi connectivity index (χ1) is 11.1. The number of aryl methyl sites for hydroxylation is 1. The van der Waals surface area contributed by atoms with Crippen molar-refractivity contribution in [2.45, 2.75) is 20.4 Å². The third kappa shape index (κ3) is 2.77. The second kappa shape index (κ2) is 6.12. The van der Waals surface area contributed by atoms with E-state index < -0.39 is 0 Å². The molecule has 3 rings (SSSR count). The van der Waals surface area contributed by atoms with Crippen LogP contribution < -0.4 is 0 Å². The predicted octanol–water partition coefficient (Wildman–Crippen LogP) is 3.61. The van der Waals surface area contributed by atoms with Gasteiger partial charge in [-0.2, -0.15) is 0 Å². The summed E-state index contributed by atoms with van der Waals surface area (Å²) in [5, 5.41) is 9.69. The summed E-state index contributed by atoms with van der Waals surface area (Å²) in [5.74, 6) is 0.614. The average Bonchev–Trinajstić information content (AvgIpc) is 2.92. The molecule has 3 aromatic rings. The molecule has 0 spiro atoms. The Balaban J connectivity index is 2.14. The molecular formula is C18H18N2O3. The summed E-state index contributed by atoms with van der Waals surface area (Å²) in [7, 11) is 0. The van der Waals surface area contributed by atoms with Crippen molar-refractivity contribution in [3.05, 3.63) is 48.0 Å². The lowest BCUT2D eigenvalue weighted by Crippen LogP contribution is -2.04. The maximum absolute atomic E-state index is 11.9. The summed E-state index contributed by atoms with van der Waals surface area (Å²) in [5.41, 5.74) is 3.00. The van der Waals surface area contributed by atoms with Crippen LogP contribution in [0.5, 0.6) is 5.75 Å². The number of phenolic OH excluding ortho intramolecular Hbond substituents is 1. The van der Waals surface area contributed by atoms with Crippen LogP contribution in [0.1, 0.15) is 24.2 Å². The normalized spacial score (nSPS) is 10.9. The van der Waals surface area contributed by atoms with Gasteiger partial charge in [0.2, 0.25) is 0 Å². The Morgan fingerprint density at radius 1 is 1.22 bits per heavy atom. The Hall–Kier alpha value is -2.82. The Morgan fingerprint density at radius 2 is 2.04 bits per heavy atom. The van der Waals surface area contributed by atoms with Crippen LogP contribution in [0.15, 0.2) is 42.5 Å². The van der Waals surface area contributed by atoms with Gasteiger partial charge in [-0.05, 0) is 44.2 Å². The van der Waals surface area contributed by atoms with Crippen LogP contribution in [0, 0.1) is 0 Å². The Bertz CT molecular complexity index is 868. The lowest BCUT2D eigenvalue weighted by atomic mass is 10.2. The maximum Gasteiger partial charge on any atom is 0.338 e. The zero-order chi connectivity index (χ0) is 16.4. The molecule has 0 aliphatic carbocycles. The van der Waals surface area contributed by atoms with E-state index in [1.807, 2.05) is 19.1 Å². The van der Waals surface area contributed by atoms with Crippen LogP contribution in [-0.4, -0.2) is 27.2 Å². The van der Waals surface area contributed by atoms with Gasteiger partial charge in [-0.25, -0.2) is 9.78 Å². The van der Waals surface area contributed by atoms with Crippen LogP contribution in [0.25, 0.3) is 22.4 Å². The van der Waals surface area contributed by atoms with Crippen LogP contribution in [0.4, 0.5) is 0 Å². The molecule has 1 N–H and O–H groups in total. The highest BCUT2D eigenvalue weighted by atomic mass is 16.5. The molecule has 2 aromatic carbocycles. The van der Waals surface area contributed by atoms with E-state index in [-0.39, 0.29) is 11.7 Å². The van der Waals surface area contributed by atoms with E-state index in [9.17, 15) is 9.90 Å². The number of ether oxygens (including phenoxy) is 1. The number of esters is 1. The standard InChI is InChI=1S/C18H18N2O3/c1-3-20-16-9-8-13(18(22)23-4-2)11-15(16)19-17(20)12-6-5-7-14(21)10-12/h5-11,21H,3-4H2,1-2H3. The average molecular weight is 310 g/mol. The topological polar surface area (TPSA) is 64.3 Å². The van der Waals surface area contributed by atoms with Crippen LogP contribution in [0.3, 0.4) is 0 Å². The number of benzene rings is 2. The summed E-state index contributed by atoms with van der Waals surface area (Å²) in [4.78, 5) is 16.5. The number of aromatic nitrogens is 2. The third-order valence-electron chi connectivity index (χ3n) is 3.68. The van der Waals surface area contributed by atoms with Gasteiger partial charge in [-0.3, -0.25) is 0 Å². The van der Waals surface area contributed by atoms with Gasteiger partial charge in [0, 0.05) is 12.1 Å². The number of phenols is 1. The van der Waals surface area contributed by atoms with Crippen LogP contribution in [-0.2, 0) is 11.3 Å². The molecule has 0 saturated carbocycles. The van der Waals surface area contributed by atoms with E-state index in [0.717, 1.165) is 29.0 Å². The van der Waals surface area contributed by atoms with E-state index in [1.165, 1.54) is 0 Å². The number of imidazole rings is 1. The first kappa shape index (κ1) is 15.1. The lowest BCUT2D eigenvalue weighted by molar-refractivity contribution is 0.0526. The van der Waals surface area contributed by atoms with Crippen molar-refractivity contribution in [2.24, 2.45) is 0 Å². The Kier molecular flexibility index (Phi) is 4.02. The largest absolute Gasteiger partial charge is 0.508 e. The second-order valence-electron chi connectivity index (χ2n) is 5.15. The van der Waals surface area contributed by atoms with Crippen molar-refractivity contribution in [3.63, 3.8) is 0 Å². The number of hydrogen-bond donors (Lipinski definition) is 1. The van der Waals surface area contributed by atoms with Gasteiger partial charge in [0.15, 0.2) is 0 Å². The molecule has 0 atom stereocenters. The monoisotopic (exact) mass is 310 g/mol. The lowest BCUT2D eigenvalue weighted by Gasteiger charge is -2.06. The summed E-state index contributed by atoms with van der Waals surface area (Å²) in [6, 6.07) is 12.4. The molecule has 118 valence electrons. The highest BCUT2D eigenvalue weighted by Crippen LogP contribution is 2.27. The molecule has 0 aliphatic heterocycles. The fraction of sp³-hybridized carbons (Fsp3) is 0.222. The minimum Gasteiger partial charge on any atom is -0.508 e. The maximum atomic E-state index is 11.9. The molecule has 1 aromatic heterocycles. The fourth-order valence-corrected chi connectivity index (χ4v) is 2.66. The van der Waals surface area contributed by atoms with Crippen molar-refractivity contribution in [1.29, 1.82) is 0 Å². The first-order valence-corrected chi connectivity index (χ1v) is 7.60. The van der Waals surface area contributed by atoms with E-state index >= 15 is 0 Å². The van der Waals surface area contributed by atoms with Gasteiger partial charge < -0.3 is 14.4 Å². The van der Waals surface area contributed by atoms with E-state index in [2.05, 4.69) is 9.55 Å². The quantitative estimate of drug-likeness (QED) is 0.748. The number of hydrogen-bond acceptors (Lipinski definition) is 4. The van der Waals surface area contributed by atoms with Crippen molar-refractivity contribution in [2.75, 3.05) is 6.61 Å². The molecule has 5 heteroatoms. The molecule has 0 amide bonds. The SMILES string of the molecule is CCOC(=O)c1ccc2c(c1)nc(-c1cccc(O)c1)n2CC. The molecule has 0 fully saturated rings. The minimum absolute atomic E-state index is 0.199. The number of nitrogens with zero attached hydrogens (tertiary/aromatic N) is 2. The molecule has 0 saturated heterocycles. The zero-order valence-electron chi connectivity index (χ0n) is 13.1. The molecule has 5 nitrogen and oxygen atoms in total. The number of aromatic hydroxyl groups is 1. The third-order valence-corrected chi connectivity index (χ3v) is 3.68. The molecule has 0 bridgehead atoms. The first-order valence-electron chi connectivity index (χ1n) is 7.60. The fourth-order valence-electron chi connectivity index (χ4n) is 2.66. The van der Waals surface area contributed by atoms with Gasteiger partial charge in [-0.15, -0.1) is 0 Å². The summed E-state index contributed by atoms with van der Waals surface area (Å²) in [6.45, 7) is 4.89. The highest BCUT2D eigenvalue weighted by molar-refractivity contribution is 5.94. The van der Waals surface area contributed by atoms with Crippen LogP contribution in [0.2, 0.25) is 0 Å². The Labute approximate surface area is 134 Å². The van der Waals surface area contributed by atoms with E-state index in [0.29, 0.717) is 12.2 Å². The molecule has 0 aliphatic rings. The minimum atomic E-state index is -0.348. The van der Waals surface area contributed by atoms with Crippen molar-refractivity contribution in [1.82, 2.24) is 9.55 Å². The predicted molar refractivity (Wildman–Crippen MR) is 88.5 cm³/mol. The van der Waals surface area contributed by atoms with E-state index in [4.69, 9.17) is 4.74 Å². The van der Waals surface area contributed by atoms with Crippen molar-refractivity contribution < 1.29 is 14.6 Å². The number of fused-ring (bicyclic) bond motifs is 1. The van der Waals surface area contributed by atoms with Gasteiger partial charge in [0.1, 0.15) is 11.6 Å². The molecule has 23 heavy (non-hydrogen) atoms. The molecule has 0 unspecified atom stereocenters. The second-order valence-corrected chi connectivity index (χ2v) is 5.15.